The van der Waals surface area contributed by atoms with Gasteiger partial charge < -0.3 is 10.1 Å². The number of anilines is 1. The first-order valence-corrected chi connectivity index (χ1v) is 9.14. The number of carbonyl (C=O) groups excluding carboxylic acids is 2. The average molecular weight is 366 g/mol. The van der Waals surface area contributed by atoms with Crippen LogP contribution in [0.4, 0.5) is 5.69 Å². The maximum absolute atomic E-state index is 12.4. The number of fused-ring (bicyclic) bond motifs is 1. The molecule has 1 heterocycles. The number of carbonyl (C=O) groups is 2. The van der Waals surface area contributed by atoms with E-state index in [1.165, 1.54) is 10.5 Å². The van der Waals surface area contributed by atoms with E-state index in [4.69, 9.17) is 4.74 Å². The second-order valence-corrected chi connectivity index (χ2v) is 7.96. The molecule has 0 saturated carbocycles. The Bertz CT molecular complexity index is 851. The van der Waals surface area contributed by atoms with Crippen LogP contribution in [0.1, 0.15) is 37.5 Å². The molecule has 0 fully saturated rings. The number of hydrogen-bond donors (Lipinski definition) is 1. The summed E-state index contributed by atoms with van der Waals surface area (Å²) in [5.41, 5.74) is 3.89. The predicted octanol–water partition coefficient (Wildman–Crippen LogP) is 3.33. The number of nitrogens with one attached hydrogen (secondary N) is 1. The molecule has 1 aliphatic rings. The highest BCUT2D eigenvalue weighted by Crippen LogP contribution is 2.36. The zero-order valence-electron chi connectivity index (χ0n) is 16.3. The quantitative estimate of drug-likeness (QED) is 0.903. The molecular formula is C22H26N2O3. The molecule has 3 rings (SSSR count). The Morgan fingerprint density at radius 3 is 2.52 bits per heavy atom. The summed E-state index contributed by atoms with van der Waals surface area (Å²) in [6, 6.07) is 13.8. The fourth-order valence-corrected chi connectivity index (χ4v) is 2.95. The van der Waals surface area contributed by atoms with Gasteiger partial charge in [-0.25, -0.2) is 0 Å². The van der Waals surface area contributed by atoms with Crippen molar-refractivity contribution < 1.29 is 14.3 Å². The molecule has 0 atom stereocenters. The number of aryl methyl sites for hydroxylation is 1. The van der Waals surface area contributed by atoms with Gasteiger partial charge in [0.1, 0.15) is 12.3 Å². The second kappa shape index (κ2) is 7.43. The summed E-state index contributed by atoms with van der Waals surface area (Å²) in [6.07, 6.45) is 0. The van der Waals surface area contributed by atoms with Gasteiger partial charge in [-0.3, -0.25) is 14.5 Å². The van der Waals surface area contributed by atoms with Crippen molar-refractivity contribution in [2.24, 2.45) is 0 Å². The first-order valence-electron chi connectivity index (χ1n) is 9.14. The molecule has 0 radical (unpaired) electrons. The Labute approximate surface area is 160 Å². The number of nitrogens with zero attached hydrogens (tertiary/aromatic N) is 1. The number of hydrogen-bond acceptors (Lipinski definition) is 3. The van der Waals surface area contributed by atoms with Crippen molar-refractivity contribution in [3.05, 3.63) is 59.2 Å². The van der Waals surface area contributed by atoms with Gasteiger partial charge >= 0.3 is 0 Å². The van der Waals surface area contributed by atoms with Crippen LogP contribution in [0.15, 0.2) is 42.5 Å². The third-order valence-corrected chi connectivity index (χ3v) is 4.68. The van der Waals surface area contributed by atoms with Gasteiger partial charge in [-0.2, -0.15) is 0 Å². The predicted molar refractivity (Wildman–Crippen MR) is 106 cm³/mol. The second-order valence-electron chi connectivity index (χ2n) is 7.96. The number of ether oxygens (including phenoxy) is 1. The third kappa shape index (κ3) is 4.48. The van der Waals surface area contributed by atoms with Crippen molar-refractivity contribution in [3.63, 3.8) is 0 Å². The van der Waals surface area contributed by atoms with Crippen molar-refractivity contribution in [1.82, 2.24) is 5.32 Å². The van der Waals surface area contributed by atoms with E-state index in [1.807, 2.05) is 49.4 Å². The fraction of sp³-hybridized carbons (Fsp3) is 0.364. The summed E-state index contributed by atoms with van der Waals surface area (Å²) in [5, 5.41) is 2.89. The van der Waals surface area contributed by atoms with Gasteiger partial charge in [-0.15, -0.1) is 0 Å². The molecule has 2 aromatic rings. The van der Waals surface area contributed by atoms with E-state index in [0.29, 0.717) is 18.0 Å². The Balaban J connectivity index is 1.73. The minimum Gasteiger partial charge on any atom is -0.482 e. The SMILES string of the molecule is Cc1ccc(CNC(=O)CN2C(=O)COc3ccc(C(C)(C)C)cc32)cc1. The maximum atomic E-state index is 12.4. The Morgan fingerprint density at radius 2 is 1.85 bits per heavy atom. The van der Waals surface area contributed by atoms with E-state index in [9.17, 15) is 9.59 Å². The normalized spacial score (nSPS) is 13.8. The van der Waals surface area contributed by atoms with Crippen LogP contribution in [0.25, 0.3) is 0 Å². The summed E-state index contributed by atoms with van der Waals surface area (Å²) < 4.78 is 5.53. The molecule has 0 spiro atoms. The van der Waals surface area contributed by atoms with Crippen LogP contribution in [0.2, 0.25) is 0 Å². The van der Waals surface area contributed by atoms with Crippen LogP contribution >= 0.6 is 0 Å². The van der Waals surface area contributed by atoms with E-state index in [1.54, 1.807) is 0 Å². The Kier molecular flexibility index (Phi) is 5.22. The standard InChI is InChI=1S/C22H26N2O3/c1-15-5-7-16(8-6-15)12-23-20(25)13-24-18-11-17(22(2,3)4)9-10-19(18)27-14-21(24)26/h5-11H,12-14H2,1-4H3,(H,23,25). The van der Waals surface area contributed by atoms with Crippen LogP contribution in [-0.2, 0) is 21.5 Å². The lowest BCUT2D eigenvalue weighted by molar-refractivity contribution is -0.125. The van der Waals surface area contributed by atoms with Crippen LogP contribution < -0.4 is 15.0 Å². The van der Waals surface area contributed by atoms with Crippen molar-refractivity contribution in [1.29, 1.82) is 0 Å². The average Bonchev–Trinajstić information content (AvgIpc) is 2.62. The summed E-state index contributed by atoms with van der Waals surface area (Å²) in [7, 11) is 0. The van der Waals surface area contributed by atoms with E-state index in [0.717, 1.165) is 11.1 Å². The molecule has 1 aliphatic heterocycles. The van der Waals surface area contributed by atoms with Gasteiger partial charge in [-0.1, -0.05) is 56.7 Å². The first kappa shape index (κ1) is 19.0. The van der Waals surface area contributed by atoms with Crippen molar-refractivity contribution in [3.8, 4) is 5.75 Å². The van der Waals surface area contributed by atoms with Crippen LogP contribution in [-0.4, -0.2) is 25.0 Å². The monoisotopic (exact) mass is 366 g/mol. The first-order chi connectivity index (χ1) is 12.7. The number of rotatable bonds is 4. The lowest BCUT2D eigenvalue weighted by Crippen LogP contribution is -2.45. The van der Waals surface area contributed by atoms with Crippen molar-refractivity contribution in [2.75, 3.05) is 18.1 Å². The van der Waals surface area contributed by atoms with E-state index in [2.05, 4.69) is 26.1 Å². The van der Waals surface area contributed by atoms with Crippen molar-refractivity contribution >= 4 is 17.5 Å². The summed E-state index contributed by atoms with van der Waals surface area (Å²) in [4.78, 5) is 26.3. The molecule has 2 aromatic carbocycles. The van der Waals surface area contributed by atoms with Crippen molar-refractivity contribution in [2.45, 2.75) is 39.7 Å². The molecule has 5 heteroatoms. The Morgan fingerprint density at radius 1 is 1.15 bits per heavy atom. The molecule has 0 aliphatic carbocycles. The smallest absolute Gasteiger partial charge is 0.265 e. The van der Waals surface area contributed by atoms with Gasteiger partial charge in [0.05, 0.1) is 5.69 Å². The maximum Gasteiger partial charge on any atom is 0.265 e. The molecule has 27 heavy (non-hydrogen) atoms. The van der Waals surface area contributed by atoms with Gasteiger partial charge in [0.2, 0.25) is 5.91 Å². The molecule has 0 bridgehead atoms. The van der Waals surface area contributed by atoms with Gasteiger partial charge in [0.25, 0.3) is 5.91 Å². The largest absolute Gasteiger partial charge is 0.482 e. The highest BCUT2D eigenvalue weighted by atomic mass is 16.5. The lowest BCUT2D eigenvalue weighted by Gasteiger charge is -2.31. The van der Waals surface area contributed by atoms with Gasteiger partial charge in [0.15, 0.2) is 6.61 Å². The molecule has 2 amide bonds. The molecule has 5 nitrogen and oxygen atoms in total. The van der Waals surface area contributed by atoms with Crippen LogP contribution in [0, 0.1) is 6.92 Å². The molecule has 0 unspecified atom stereocenters. The topological polar surface area (TPSA) is 58.6 Å². The summed E-state index contributed by atoms with van der Waals surface area (Å²) in [6.45, 7) is 8.72. The van der Waals surface area contributed by atoms with E-state index in [-0.39, 0.29) is 30.4 Å². The minimum absolute atomic E-state index is 0.0192. The zero-order valence-corrected chi connectivity index (χ0v) is 16.3. The molecule has 0 aromatic heterocycles. The van der Waals surface area contributed by atoms with E-state index >= 15 is 0 Å². The summed E-state index contributed by atoms with van der Waals surface area (Å²) >= 11 is 0. The van der Waals surface area contributed by atoms with Gasteiger partial charge in [-0.05, 0) is 35.6 Å². The lowest BCUT2D eigenvalue weighted by atomic mass is 9.86. The third-order valence-electron chi connectivity index (χ3n) is 4.68. The molecular weight excluding hydrogens is 340 g/mol. The zero-order chi connectivity index (χ0) is 19.6. The number of amides is 2. The van der Waals surface area contributed by atoms with Gasteiger partial charge in [0, 0.05) is 6.54 Å². The van der Waals surface area contributed by atoms with E-state index < -0.39 is 0 Å². The highest BCUT2D eigenvalue weighted by Gasteiger charge is 2.29. The van der Waals surface area contributed by atoms with Crippen LogP contribution in [0.3, 0.4) is 0 Å². The molecule has 1 N–H and O–H groups in total. The molecule has 0 saturated heterocycles. The van der Waals surface area contributed by atoms with Crippen LogP contribution in [0.5, 0.6) is 5.75 Å². The highest BCUT2D eigenvalue weighted by molar-refractivity contribution is 6.02. The Hall–Kier alpha value is -2.82. The number of benzene rings is 2. The summed E-state index contributed by atoms with van der Waals surface area (Å²) in [5.74, 6) is 0.228. The molecule has 142 valence electrons. The minimum atomic E-state index is -0.209. The fourth-order valence-electron chi connectivity index (χ4n) is 2.95.